The SMILES string of the molecule is CCC(N)(C#N)CCCOc1ccc2c(c1)CCC2. The summed E-state index contributed by atoms with van der Waals surface area (Å²) in [6.07, 6.45) is 5.81. The number of benzene rings is 1. The number of ether oxygens (including phenoxy) is 1. The molecule has 3 nitrogen and oxygen atoms in total. The number of hydrogen-bond donors (Lipinski definition) is 1. The Balaban J connectivity index is 1.79. The molecule has 0 heterocycles. The molecule has 0 aliphatic heterocycles. The van der Waals surface area contributed by atoms with Crippen molar-refractivity contribution in [3.63, 3.8) is 0 Å². The van der Waals surface area contributed by atoms with Gasteiger partial charge in [0, 0.05) is 0 Å². The van der Waals surface area contributed by atoms with E-state index in [-0.39, 0.29) is 0 Å². The lowest BCUT2D eigenvalue weighted by molar-refractivity contribution is 0.291. The largest absolute Gasteiger partial charge is 0.494 e. The standard InChI is InChI=1S/C16H22N2O/c1-2-16(18,12-17)9-4-10-19-15-8-7-13-5-3-6-14(13)11-15/h7-8,11H,2-6,9-10,18H2,1H3. The molecule has 1 unspecified atom stereocenters. The summed E-state index contributed by atoms with van der Waals surface area (Å²) in [7, 11) is 0. The van der Waals surface area contributed by atoms with Gasteiger partial charge in [0.15, 0.2) is 0 Å². The van der Waals surface area contributed by atoms with Crippen LogP contribution >= 0.6 is 0 Å². The Kier molecular flexibility index (Phi) is 4.44. The third-order valence-electron chi connectivity index (χ3n) is 3.96. The van der Waals surface area contributed by atoms with Crippen molar-refractivity contribution < 1.29 is 4.74 Å². The summed E-state index contributed by atoms with van der Waals surface area (Å²) >= 11 is 0. The first kappa shape index (κ1) is 13.9. The molecule has 1 aromatic rings. The maximum absolute atomic E-state index is 8.99. The Morgan fingerprint density at radius 1 is 1.37 bits per heavy atom. The van der Waals surface area contributed by atoms with Crippen LogP contribution in [-0.2, 0) is 12.8 Å². The second-order valence-electron chi connectivity index (χ2n) is 5.36. The minimum Gasteiger partial charge on any atom is -0.494 e. The van der Waals surface area contributed by atoms with Gasteiger partial charge in [0.1, 0.15) is 11.3 Å². The van der Waals surface area contributed by atoms with Crippen LogP contribution in [-0.4, -0.2) is 12.1 Å². The molecule has 0 amide bonds. The fourth-order valence-electron chi connectivity index (χ4n) is 2.53. The van der Waals surface area contributed by atoms with Crippen LogP contribution in [0.3, 0.4) is 0 Å². The van der Waals surface area contributed by atoms with Crippen molar-refractivity contribution in [2.75, 3.05) is 6.61 Å². The minimum atomic E-state index is -0.693. The summed E-state index contributed by atoms with van der Waals surface area (Å²) in [4.78, 5) is 0. The summed E-state index contributed by atoms with van der Waals surface area (Å²) in [5, 5.41) is 8.99. The van der Waals surface area contributed by atoms with Crippen molar-refractivity contribution in [1.29, 1.82) is 5.26 Å². The number of nitrogens with zero attached hydrogens (tertiary/aromatic N) is 1. The lowest BCUT2D eigenvalue weighted by Crippen LogP contribution is -2.37. The zero-order chi connectivity index (χ0) is 13.7. The molecule has 1 aliphatic rings. The van der Waals surface area contributed by atoms with Crippen molar-refractivity contribution in [2.24, 2.45) is 5.73 Å². The summed E-state index contributed by atoms with van der Waals surface area (Å²) in [5.41, 5.74) is 8.13. The molecule has 0 spiro atoms. The number of hydrogen-bond acceptors (Lipinski definition) is 3. The van der Waals surface area contributed by atoms with E-state index in [1.165, 1.54) is 30.4 Å². The van der Waals surface area contributed by atoms with Crippen LogP contribution in [0.2, 0.25) is 0 Å². The van der Waals surface area contributed by atoms with E-state index in [2.05, 4.69) is 18.2 Å². The molecule has 0 bridgehead atoms. The topological polar surface area (TPSA) is 59.0 Å². The average molecular weight is 258 g/mol. The third kappa shape index (κ3) is 3.48. The Morgan fingerprint density at radius 2 is 2.16 bits per heavy atom. The van der Waals surface area contributed by atoms with Gasteiger partial charge in [-0.2, -0.15) is 5.26 Å². The number of rotatable bonds is 6. The molecule has 1 aromatic carbocycles. The van der Waals surface area contributed by atoms with Crippen LogP contribution in [0.5, 0.6) is 5.75 Å². The Bertz CT molecular complexity index is 478. The van der Waals surface area contributed by atoms with Crippen molar-refractivity contribution >= 4 is 0 Å². The molecule has 0 saturated carbocycles. The molecule has 2 rings (SSSR count). The van der Waals surface area contributed by atoms with Gasteiger partial charge in [-0.05, 0) is 61.8 Å². The monoisotopic (exact) mass is 258 g/mol. The van der Waals surface area contributed by atoms with Crippen molar-refractivity contribution in [3.05, 3.63) is 29.3 Å². The maximum Gasteiger partial charge on any atom is 0.119 e. The van der Waals surface area contributed by atoms with Gasteiger partial charge < -0.3 is 10.5 Å². The number of nitriles is 1. The van der Waals surface area contributed by atoms with Gasteiger partial charge in [0.05, 0.1) is 12.7 Å². The van der Waals surface area contributed by atoms with Crippen LogP contribution < -0.4 is 10.5 Å². The molecule has 1 atom stereocenters. The van der Waals surface area contributed by atoms with E-state index in [1.807, 2.05) is 13.0 Å². The first-order valence-corrected chi connectivity index (χ1v) is 7.11. The van der Waals surface area contributed by atoms with Crippen LogP contribution in [0.1, 0.15) is 43.7 Å². The van der Waals surface area contributed by atoms with E-state index in [1.54, 1.807) is 0 Å². The van der Waals surface area contributed by atoms with Gasteiger partial charge in [0.2, 0.25) is 0 Å². The highest BCUT2D eigenvalue weighted by atomic mass is 16.5. The summed E-state index contributed by atoms with van der Waals surface area (Å²) in [6, 6.07) is 8.56. The average Bonchev–Trinajstić information content (AvgIpc) is 2.91. The zero-order valence-corrected chi connectivity index (χ0v) is 11.6. The molecular weight excluding hydrogens is 236 g/mol. The van der Waals surface area contributed by atoms with Crippen molar-refractivity contribution in [3.8, 4) is 11.8 Å². The number of nitrogens with two attached hydrogens (primary N) is 1. The smallest absolute Gasteiger partial charge is 0.119 e. The quantitative estimate of drug-likeness (QED) is 0.798. The Labute approximate surface area is 115 Å². The minimum absolute atomic E-state index is 0.624. The zero-order valence-electron chi connectivity index (χ0n) is 11.6. The predicted molar refractivity (Wildman–Crippen MR) is 76.0 cm³/mol. The molecule has 19 heavy (non-hydrogen) atoms. The molecule has 102 valence electrons. The second-order valence-corrected chi connectivity index (χ2v) is 5.36. The van der Waals surface area contributed by atoms with Gasteiger partial charge >= 0.3 is 0 Å². The van der Waals surface area contributed by atoms with E-state index in [0.29, 0.717) is 19.4 Å². The first-order chi connectivity index (χ1) is 9.17. The molecule has 3 heteroatoms. The van der Waals surface area contributed by atoms with E-state index < -0.39 is 5.54 Å². The first-order valence-electron chi connectivity index (χ1n) is 7.11. The molecule has 1 aliphatic carbocycles. The second kappa shape index (κ2) is 6.08. The molecule has 0 saturated heterocycles. The van der Waals surface area contributed by atoms with Gasteiger partial charge in [0.25, 0.3) is 0 Å². The highest BCUT2D eigenvalue weighted by molar-refractivity contribution is 5.38. The molecule has 0 aromatic heterocycles. The summed E-state index contributed by atoms with van der Waals surface area (Å²) in [5.74, 6) is 0.941. The van der Waals surface area contributed by atoms with Crippen LogP contribution in [0.15, 0.2) is 18.2 Å². The normalized spacial score (nSPS) is 16.5. The lowest BCUT2D eigenvalue weighted by atomic mass is 9.94. The highest BCUT2D eigenvalue weighted by Crippen LogP contribution is 2.26. The fourth-order valence-corrected chi connectivity index (χ4v) is 2.53. The molecular formula is C16H22N2O. The van der Waals surface area contributed by atoms with Crippen molar-refractivity contribution in [2.45, 2.75) is 51.0 Å². The van der Waals surface area contributed by atoms with E-state index in [0.717, 1.165) is 12.2 Å². The van der Waals surface area contributed by atoms with Crippen LogP contribution in [0.25, 0.3) is 0 Å². The van der Waals surface area contributed by atoms with Gasteiger partial charge in [-0.15, -0.1) is 0 Å². The Morgan fingerprint density at radius 3 is 2.89 bits per heavy atom. The van der Waals surface area contributed by atoms with E-state index in [9.17, 15) is 0 Å². The predicted octanol–water partition coefficient (Wildman–Crippen LogP) is 2.97. The molecule has 0 radical (unpaired) electrons. The maximum atomic E-state index is 8.99. The summed E-state index contributed by atoms with van der Waals surface area (Å²) < 4.78 is 5.75. The number of fused-ring (bicyclic) bond motifs is 1. The molecule has 0 fully saturated rings. The molecule has 2 N–H and O–H groups in total. The van der Waals surface area contributed by atoms with Crippen LogP contribution in [0.4, 0.5) is 0 Å². The third-order valence-corrected chi connectivity index (χ3v) is 3.96. The fraction of sp³-hybridized carbons (Fsp3) is 0.562. The van der Waals surface area contributed by atoms with Gasteiger partial charge in [-0.3, -0.25) is 0 Å². The van der Waals surface area contributed by atoms with E-state index >= 15 is 0 Å². The Hall–Kier alpha value is -1.53. The highest BCUT2D eigenvalue weighted by Gasteiger charge is 2.21. The summed E-state index contributed by atoms with van der Waals surface area (Å²) in [6.45, 7) is 2.57. The van der Waals surface area contributed by atoms with Crippen LogP contribution in [0, 0.1) is 11.3 Å². The van der Waals surface area contributed by atoms with Gasteiger partial charge in [-0.25, -0.2) is 0 Å². The lowest BCUT2D eigenvalue weighted by Gasteiger charge is -2.19. The van der Waals surface area contributed by atoms with Crippen molar-refractivity contribution in [1.82, 2.24) is 0 Å². The number of aryl methyl sites for hydroxylation is 2. The van der Waals surface area contributed by atoms with Gasteiger partial charge in [-0.1, -0.05) is 13.0 Å². The van der Waals surface area contributed by atoms with E-state index in [4.69, 9.17) is 15.7 Å².